The van der Waals surface area contributed by atoms with E-state index in [-0.39, 0.29) is 11.4 Å². The monoisotopic (exact) mass is 457 g/mol. The first-order chi connectivity index (χ1) is 16.2. The maximum atomic E-state index is 13.7. The molecule has 2 N–H and O–H groups in total. The van der Waals surface area contributed by atoms with E-state index in [0.717, 1.165) is 11.1 Å². The Bertz CT molecular complexity index is 1300. The standard InChI is InChI=1S/C26H23N3O5/c1-16-6-10-19(11-7-16)27-24-22(15-23(30)31)25(18-4-3-5-21(14-18)29(33)34)28(26(24)32)20-12-8-17(2)9-13-20/h3-14,25,27H,15H2,1-2H3,(H,30,31)/t25-/m0/s1. The van der Waals surface area contributed by atoms with Crippen LogP contribution in [0.3, 0.4) is 0 Å². The maximum absolute atomic E-state index is 13.7. The predicted octanol–water partition coefficient (Wildman–Crippen LogP) is 5.14. The van der Waals surface area contributed by atoms with E-state index < -0.39 is 29.3 Å². The number of amides is 1. The highest BCUT2D eigenvalue weighted by molar-refractivity contribution is 6.12. The summed E-state index contributed by atoms with van der Waals surface area (Å²) in [5.74, 6) is -1.51. The third-order valence-corrected chi connectivity index (χ3v) is 5.71. The van der Waals surface area contributed by atoms with Crippen molar-refractivity contribution in [1.82, 2.24) is 0 Å². The number of benzene rings is 3. The van der Waals surface area contributed by atoms with Gasteiger partial charge < -0.3 is 10.4 Å². The van der Waals surface area contributed by atoms with Crippen molar-refractivity contribution in [1.29, 1.82) is 0 Å². The molecule has 3 aromatic rings. The summed E-state index contributed by atoms with van der Waals surface area (Å²) >= 11 is 0. The lowest BCUT2D eigenvalue weighted by Crippen LogP contribution is -2.31. The number of anilines is 2. The molecule has 8 nitrogen and oxygen atoms in total. The van der Waals surface area contributed by atoms with E-state index in [4.69, 9.17) is 0 Å². The number of rotatable bonds is 7. The Morgan fingerprint density at radius 2 is 1.65 bits per heavy atom. The number of nitro groups is 1. The van der Waals surface area contributed by atoms with Gasteiger partial charge in [-0.2, -0.15) is 0 Å². The number of nitrogens with one attached hydrogen (secondary N) is 1. The summed E-state index contributed by atoms with van der Waals surface area (Å²) in [4.78, 5) is 38.0. The Balaban J connectivity index is 1.90. The highest BCUT2D eigenvalue weighted by Gasteiger charge is 2.42. The molecule has 0 saturated heterocycles. The van der Waals surface area contributed by atoms with E-state index >= 15 is 0 Å². The molecule has 3 aromatic carbocycles. The molecular weight excluding hydrogens is 434 g/mol. The molecule has 34 heavy (non-hydrogen) atoms. The molecule has 0 fully saturated rings. The second-order valence-electron chi connectivity index (χ2n) is 8.23. The van der Waals surface area contributed by atoms with E-state index in [1.807, 2.05) is 50.2 Å². The highest BCUT2D eigenvalue weighted by Crippen LogP contribution is 2.43. The van der Waals surface area contributed by atoms with Crippen molar-refractivity contribution in [2.45, 2.75) is 26.3 Å². The van der Waals surface area contributed by atoms with E-state index in [9.17, 15) is 24.8 Å². The second-order valence-corrected chi connectivity index (χ2v) is 8.23. The van der Waals surface area contributed by atoms with Gasteiger partial charge in [0.2, 0.25) is 0 Å². The van der Waals surface area contributed by atoms with Crippen LogP contribution in [0.2, 0.25) is 0 Å². The number of nitrogens with zero attached hydrogens (tertiary/aromatic N) is 2. The average molecular weight is 457 g/mol. The summed E-state index contributed by atoms with van der Waals surface area (Å²) in [6.07, 6.45) is -0.407. The fourth-order valence-electron chi connectivity index (χ4n) is 4.06. The molecule has 0 aliphatic carbocycles. The number of carboxylic acid groups (broad SMARTS) is 1. The normalized spacial score (nSPS) is 15.5. The van der Waals surface area contributed by atoms with Crippen LogP contribution in [0.15, 0.2) is 84.1 Å². The van der Waals surface area contributed by atoms with Gasteiger partial charge in [-0.1, -0.05) is 47.5 Å². The third-order valence-electron chi connectivity index (χ3n) is 5.71. The predicted molar refractivity (Wildman–Crippen MR) is 129 cm³/mol. The van der Waals surface area contributed by atoms with Gasteiger partial charge in [0.25, 0.3) is 11.6 Å². The summed E-state index contributed by atoms with van der Waals surface area (Å²) in [5, 5.41) is 24.2. The van der Waals surface area contributed by atoms with Crippen LogP contribution >= 0.6 is 0 Å². The molecule has 0 saturated carbocycles. The average Bonchev–Trinajstić information content (AvgIpc) is 3.06. The molecule has 4 rings (SSSR count). The minimum atomic E-state index is -1.10. The van der Waals surface area contributed by atoms with Crippen molar-refractivity contribution in [3.8, 4) is 0 Å². The van der Waals surface area contributed by atoms with Crippen molar-refractivity contribution in [3.05, 3.63) is 111 Å². The molecule has 1 amide bonds. The third kappa shape index (κ3) is 4.52. The summed E-state index contributed by atoms with van der Waals surface area (Å²) in [7, 11) is 0. The molecule has 1 aliphatic heterocycles. The van der Waals surface area contributed by atoms with Gasteiger partial charge in [-0.05, 0) is 49.2 Å². The Hall–Kier alpha value is -4.46. The smallest absolute Gasteiger partial charge is 0.307 e. The zero-order valence-electron chi connectivity index (χ0n) is 18.7. The van der Waals surface area contributed by atoms with Crippen LogP contribution in [0.1, 0.15) is 29.2 Å². The van der Waals surface area contributed by atoms with Crippen LogP contribution < -0.4 is 10.2 Å². The molecule has 8 heteroatoms. The number of carboxylic acids is 1. The SMILES string of the molecule is Cc1ccc(NC2=C(CC(=O)O)[C@H](c3cccc([N+](=O)[O-])c3)N(c3ccc(C)cc3)C2=O)cc1. The van der Waals surface area contributed by atoms with Crippen LogP contribution in [-0.4, -0.2) is 21.9 Å². The fraction of sp³-hybridized carbons (Fsp3) is 0.154. The Kier molecular flexibility index (Phi) is 6.14. The van der Waals surface area contributed by atoms with Crippen molar-refractivity contribution < 1.29 is 19.6 Å². The van der Waals surface area contributed by atoms with Gasteiger partial charge >= 0.3 is 5.97 Å². The molecule has 172 valence electrons. The highest BCUT2D eigenvalue weighted by atomic mass is 16.6. The minimum absolute atomic E-state index is 0.136. The zero-order valence-corrected chi connectivity index (χ0v) is 18.7. The Morgan fingerprint density at radius 1 is 1.03 bits per heavy atom. The lowest BCUT2D eigenvalue weighted by atomic mass is 9.95. The van der Waals surface area contributed by atoms with Crippen molar-refractivity contribution in [2.24, 2.45) is 0 Å². The Labute approximate surface area is 196 Å². The maximum Gasteiger partial charge on any atom is 0.307 e. The molecule has 0 aromatic heterocycles. The lowest BCUT2D eigenvalue weighted by Gasteiger charge is -2.27. The number of aryl methyl sites for hydroxylation is 2. The van der Waals surface area contributed by atoms with Crippen LogP contribution in [0.25, 0.3) is 0 Å². The summed E-state index contributed by atoms with van der Waals surface area (Å²) in [6, 6.07) is 19.8. The first-order valence-corrected chi connectivity index (χ1v) is 10.7. The number of hydrogen-bond donors (Lipinski definition) is 2. The minimum Gasteiger partial charge on any atom is -0.481 e. The molecule has 0 unspecified atom stereocenters. The van der Waals surface area contributed by atoms with Gasteiger partial charge in [0.1, 0.15) is 5.70 Å². The van der Waals surface area contributed by atoms with Crippen molar-refractivity contribution in [2.75, 3.05) is 10.2 Å². The van der Waals surface area contributed by atoms with Crippen LogP contribution in [-0.2, 0) is 9.59 Å². The number of nitro benzene ring substituents is 1. The molecule has 0 bridgehead atoms. The molecule has 1 atom stereocenters. The van der Waals surface area contributed by atoms with Gasteiger partial charge in [-0.25, -0.2) is 0 Å². The molecule has 0 spiro atoms. The Morgan fingerprint density at radius 3 is 2.24 bits per heavy atom. The van der Waals surface area contributed by atoms with E-state index in [1.54, 1.807) is 18.2 Å². The second kappa shape index (κ2) is 9.19. The number of carbonyl (C=O) groups excluding carboxylic acids is 1. The molecule has 1 aliphatic rings. The lowest BCUT2D eigenvalue weighted by molar-refractivity contribution is -0.384. The van der Waals surface area contributed by atoms with Gasteiger partial charge in [0, 0.05) is 23.5 Å². The van der Waals surface area contributed by atoms with Crippen LogP contribution in [0.5, 0.6) is 0 Å². The number of hydrogen-bond acceptors (Lipinski definition) is 5. The summed E-state index contributed by atoms with van der Waals surface area (Å²) in [5.41, 5.74) is 4.06. The van der Waals surface area contributed by atoms with Gasteiger partial charge in [-0.15, -0.1) is 0 Å². The molecule has 1 heterocycles. The fourth-order valence-corrected chi connectivity index (χ4v) is 4.06. The van der Waals surface area contributed by atoms with E-state index in [0.29, 0.717) is 22.5 Å². The van der Waals surface area contributed by atoms with Gasteiger partial charge in [-0.3, -0.25) is 24.6 Å². The van der Waals surface area contributed by atoms with Crippen LogP contribution in [0, 0.1) is 24.0 Å². The van der Waals surface area contributed by atoms with Crippen LogP contribution in [0.4, 0.5) is 17.1 Å². The van der Waals surface area contributed by atoms with E-state index in [1.165, 1.54) is 23.1 Å². The quantitative estimate of drug-likeness (QED) is 0.375. The number of non-ortho nitro benzene ring substituents is 1. The number of carbonyl (C=O) groups is 2. The topological polar surface area (TPSA) is 113 Å². The zero-order chi connectivity index (χ0) is 24.4. The van der Waals surface area contributed by atoms with E-state index in [2.05, 4.69) is 5.32 Å². The number of aliphatic carboxylic acids is 1. The summed E-state index contributed by atoms with van der Waals surface area (Å²) in [6.45, 7) is 3.86. The first-order valence-electron chi connectivity index (χ1n) is 10.7. The summed E-state index contributed by atoms with van der Waals surface area (Å²) < 4.78 is 0. The first kappa shape index (κ1) is 22.7. The van der Waals surface area contributed by atoms with Gasteiger partial charge in [0.15, 0.2) is 0 Å². The largest absolute Gasteiger partial charge is 0.481 e. The van der Waals surface area contributed by atoms with Crippen molar-refractivity contribution in [3.63, 3.8) is 0 Å². The molecular formula is C26H23N3O5. The van der Waals surface area contributed by atoms with Gasteiger partial charge in [0.05, 0.1) is 17.4 Å². The molecule has 0 radical (unpaired) electrons. The van der Waals surface area contributed by atoms with Crippen molar-refractivity contribution >= 4 is 28.9 Å².